The number of aromatic nitrogens is 3. The molecule has 13 heavy (non-hydrogen) atoms. The average Bonchev–Trinajstić information content (AvgIpc) is 2.54. The molecule has 0 aliphatic carbocycles. The van der Waals surface area contributed by atoms with E-state index in [4.69, 9.17) is 5.11 Å². The molecule has 0 unspecified atom stereocenters. The lowest BCUT2D eigenvalue weighted by molar-refractivity contribution is 0.298. The van der Waals surface area contributed by atoms with Gasteiger partial charge in [-0.3, -0.25) is 4.68 Å². The predicted octanol–water partition coefficient (Wildman–Crippen LogP) is 1.00. The molecule has 0 aliphatic heterocycles. The lowest BCUT2D eigenvalue weighted by Gasteiger charge is -1.97. The van der Waals surface area contributed by atoms with Crippen molar-refractivity contribution < 1.29 is 5.11 Å². The van der Waals surface area contributed by atoms with E-state index in [0.29, 0.717) is 6.42 Å². The molecule has 0 fully saturated rings. The summed E-state index contributed by atoms with van der Waals surface area (Å²) >= 11 is 0. The summed E-state index contributed by atoms with van der Waals surface area (Å²) in [6.07, 6.45) is 6.12. The van der Waals surface area contributed by atoms with Crippen molar-refractivity contribution in [3.8, 4) is 0 Å². The summed E-state index contributed by atoms with van der Waals surface area (Å²) in [4.78, 5) is 0. The van der Waals surface area contributed by atoms with Crippen LogP contribution in [-0.4, -0.2) is 26.7 Å². The van der Waals surface area contributed by atoms with Gasteiger partial charge in [-0.25, -0.2) is 0 Å². The number of rotatable bonds is 6. The zero-order valence-corrected chi connectivity index (χ0v) is 8.11. The molecular weight excluding hydrogens is 166 g/mol. The van der Waals surface area contributed by atoms with Gasteiger partial charge in [0.1, 0.15) is 0 Å². The molecule has 0 radical (unpaired) electrons. The third-order valence-corrected chi connectivity index (χ3v) is 1.94. The lowest BCUT2D eigenvalue weighted by atomic mass is 10.2. The first-order valence-corrected chi connectivity index (χ1v) is 4.86. The highest BCUT2D eigenvalue weighted by atomic mass is 16.3. The maximum Gasteiger partial charge on any atom is 0.0849 e. The number of hydrogen-bond acceptors (Lipinski definition) is 3. The molecule has 1 aromatic rings. The van der Waals surface area contributed by atoms with Crippen LogP contribution in [0.4, 0.5) is 0 Å². The number of hydrogen-bond donors (Lipinski definition) is 1. The molecule has 1 N–H and O–H groups in total. The van der Waals surface area contributed by atoms with Crippen LogP contribution in [-0.2, 0) is 13.0 Å². The molecule has 0 aliphatic rings. The molecule has 0 bridgehead atoms. The van der Waals surface area contributed by atoms with Crippen LogP contribution in [0.25, 0.3) is 0 Å². The first-order valence-electron chi connectivity index (χ1n) is 4.86. The number of nitrogens with zero attached hydrogens (tertiary/aromatic N) is 3. The first kappa shape index (κ1) is 10.2. The van der Waals surface area contributed by atoms with Gasteiger partial charge in [0, 0.05) is 25.8 Å². The molecule has 1 heterocycles. The van der Waals surface area contributed by atoms with Crippen molar-refractivity contribution in [2.75, 3.05) is 6.61 Å². The highest BCUT2D eigenvalue weighted by Crippen LogP contribution is 1.99. The summed E-state index contributed by atoms with van der Waals surface area (Å²) in [6, 6.07) is 0. The van der Waals surface area contributed by atoms with Crippen LogP contribution in [0.2, 0.25) is 0 Å². The van der Waals surface area contributed by atoms with Crippen molar-refractivity contribution in [3.05, 3.63) is 11.9 Å². The Hall–Kier alpha value is -0.900. The van der Waals surface area contributed by atoms with Gasteiger partial charge in [0.25, 0.3) is 0 Å². The second kappa shape index (κ2) is 5.70. The van der Waals surface area contributed by atoms with Crippen LogP contribution in [0.1, 0.15) is 31.9 Å². The molecule has 1 aromatic heterocycles. The normalized spacial score (nSPS) is 10.6. The number of unbranched alkanes of at least 4 members (excludes halogenated alkanes) is 2. The van der Waals surface area contributed by atoms with Crippen molar-refractivity contribution >= 4 is 0 Å². The van der Waals surface area contributed by atoms with E-state index in [-0.39, 0.29) is 6.61 Å². The molecule has 0 spiro atoms. The minimum atomic E-state index is 0.146. The quantitative estimate of drug-likeness (QED) is 0.669. The smallest absolute Gasteiger partial charge is 0.0849 e. The largest absolute Gasteiger partial charge is 0.396 e. The maximum atomic E-state index is 8.67. The number of aliphatic hydroxyl groups is 1. The summed E-state index contributed by atoms with van der Waals surface area (Å²) < 4.78 is 1.85. The van der Waals surface area contributed by atoms with Gasteiger partial charge in [-0.15, -0.1) is 5.10 Å². The molecule has 4 nitrogen and oxygen atoms in total. The van der Waals surface area contributed by atoms with Crippen molar-refractivity contribution in [2.24, 2.45) is 0 Å². The highest BCUT2D eigenvalue weighted by molar-refractivity contribution is 4.91. The Morgan fingerprint density at radius 3 is 3.00 bits per heavy atom. The molecule has 1 rings (SSSR count). The maximum absolute atomic E-state index is 8.67. The molecular formula is C9H17N3O. The summed E-state index contributed by atoms with van der Waals surface area (Å²) in [7, 11) is 0. The van der Waals surface area contributed by atoms with Crippen molar-refractivity contribution in [1.29, 1.82) is 0 Å². The number of aryl methyl sites for hydroxylation is 1. The van der Waals surface area contributed by atoms with E-state index in [0.717, 1.165) is 18.7 Å². The second-order valence-electron chi connectivity index (χ2n) is 3.15. The van der Waals surface area contributed by atoms with Gasteiger partial charge in [0.05, 0.1) is 5.69 Å². The van der Waals surface area contributed by atoms with E-state index < -0.39 is 0 Å². The Morgan fingerprint density at radius 2 is 2.31 bits per heavy atom. The lowest BCUT2D eigenvalue weighted by Crippen LogP contribution is -1.98. The van der Waals surface area contributed by atoms with Gasteiger partial charge in [-0.05, 0) is 6.42 Å². The van der Waals surface area contributed by atoms with Crippen LogP contribution >= 0.6 is 0 Å². The minimum Gasteiger partial charge on any atom is -0.396 e. The Morgan fingerprint density at radius 1 is 1.46 bits per heavy atom. The molecule has 0 saturated heterocycles. The monoisotopic (exact) mass is 183 g/mol. The summed E-state index contributed by atoms with van der Waals surface area (Å²) in [5.41, 5.74) is 0.874. The fourth-order valence-corrected chi connectivity index (χ4v) is 1.20. The van der Waals surface area contributed by atoms with E-state index >= 15 is 0 Å². The van der Waals surface area contributed by atoms with Crippen LogP contribution in [0.15, 0.2) is 6.20 Å². The van der Waals surface area contributed by atoms with Crippen LogP contribution in [0.5, 0.6) is 0 Å². The van der Waals surface area contributed by atoms with Crippen LogP contribution < -0.4 is 0 Å². The van der Waals surface area contributed by atoms with Crippen LogP contribution in [0, 0.1) is 0 Å². The Labute approximate surface area is 78.6 Å². The van der Waals surface area contributed by atoms with E-state index in [2.05, 4.69) is 17.2 Å². The van der Waals surface area contributed by atoms with Gasteiger partial charge in [0.15, 0.2) is 0 Å². The van der Waals surface area contributed by atoms with Gasteiger partial charge in [-0.2, -0.15) is 0 Å². The van der Waals surface area contributed by atoms with Gasteiger partial charge in [-0.1, -0.05) is 25.0 Å². The van der Waals surface area contributed by atoms with E-state index in [1.165, 1.54) is 12.8 Å². The molecule has 0 amide bonds. The highest BCUT2D eigenvalue weighted by Gasteiger charge is 1.98. The molecule has 4 heteroatoms. The van der Waals surface area contributed by atoms with Gasteiger partial charge in [0.2, 0.25) is 0 Å². The van der Waals surface area contributed by atoms with Crippen molar-refractivity contribution in [3.63, 3.8) is 0 Å². The standard InChI is InChI=1S/C9H17N3O/c1-2-3-4-6-12-8-9(5-7-13)10-11-12/h8,13H,2-7H2,1H3. The fraction of sp³-hybridized carbons (Fsp3) is 0.778. The van der Waals surface area contributed by atoms with Crippen molar-refractivity contribution in [1.82, 2.24) is 15.0 Å². The van der Waals surface area contributed by atoms with E-state index in [9.17, 15) is 0 Å². The fourth-order valence-electron chi connectivity index (χ4n) is 1.20. The molecule has 0 aromatic carbocycles. The zero-order chi connectivity index (χ0) is 9.52. The first-order chi connectivity index (χ1) is 6.36. The molecule has 0 saturated carbocycles. The van der Waals surface area contributed by atoms with Gasteiger partial charge >= 0.3 is 0 Å². The summed E-state index contributed by atoms with van der Waals surface area (Å²) in [5, 5.41) is 16.6. The van der Waals surface area contributed by atoms with Crippen molar-refractivity contribution in [2.45, 2.75) is 39.2 Å². The van der Waals surface area contributed by atoms with Gasteiger partial charge < -0.3 is 5.11 Å². The topological polar surface area (TPSA) is 50.9 Å². The summed E-state index contributed by atoms with van der Waals surface area (Å²) in [5.74, 6) is 0. The second-order valence-corrected chi connectivity index (χ2v) is 3.15. The third-order valence-electron chi connectivity index (χ3n) is 1.94. The predicted molar refractivity (Wildman–Crippen MR) is 50.3 cm³/mol. The van der Waals surface area contributed by atoms with Crippen LogP contribution in [0.3, 0.4) is 0 Å². The van der Waals surface area contributed by atoms with E-state index in [1.807, 2.05) is 10.9 Å². The number of aliphatic hydroxyl groups excluding tert-OH is 1. The Balaban J connectivity index is 2.31. The minimum absolute atomic E-state index is 0.146. The van der Waals surface area contributed by atoms with E-state index in [1.54, 1.807) is 0 Å². The Kier molecular flexibility index (Phi) is 4.46. The molecule has 74 valence electrons. The SMILES string of the molecule is CCCCCn1cc(CCO)nn1. The Bertz CT molecular complexity index is 235. The zero-order valence-electron chi connectivity index (χ0n) is 8.11. The summed E-state index contributed by atoms with van der Waals surface area (Å²) in [6.45, 7) is 3.26. The molecule has 0 atom stereocenters. The average molecular weight is 183 g/mol. The third kappa shape index (κ3) is 3.55.